The lowest BCUT2D eigenvalue weighted by molar-refractivity contribution is -0.143. The summed E-state index contributed by atoms with van der Waals surface area (Å²) < 4.78 is 0. The van der Waals surface area contributed by atoms with Crippen LogP contribution in [0.25, 0.3) is 0 Å². The smallest absolute Gasteiger partial charge is 0.308 e. The van der Waals surface area contributed by atoms with Gasteiger partial charge in [0.1, 0.15) is 0 Å². The molecule has 0 aliphatic rings. The second-order valence-corrected chi connectivity index (χ2v) is 6.00. The molecule has 0 aliphatic carbocycles. The Morgan fingerprint density at radius 3 is 2.50 bits per heavy atom. The highest BCUT2D eigenvalue weighted by atomic mass is 35.5. The molecule has 5 heteroatoms. The Bertz CT molecular complexity index is 514. The molecule has 0 heterocycles. The van der Waals surface area contributed by atoms with Gasteiger partial charge in [-0.15, -0.1) is 0 Å². The highest BCUT2D eigenvalue weighted by molar-refractivity contribution is 6.30. The maximum atomic E-state index is 12.5. The number of benzene rings is 1. The van der Waals surface area contributed by atoms with Crippen molar-refractivity contribution in [3.8, 4) is 0 Å². The summed E-state index contributed by atoms with van der Waals surface area (Å²) in [5, 5.41) is 9.49. The molecule has 0 saturated heterocycles. The van der Waals surface area contributed by atoms with Crippen LogP contribution in [-0.4, -0.2) is 35.5 Å². The average molecular weight is 298 g/mol. The Labute approximate surface area is 124 Å². The van der Waals surface area contributed by atoms with Gasteiger partial charge in [0.05, 0.1) is 11.3 Å². The molecule has 4 nitrogen and oxygen atoms in total. The van der Waals surface area contributed by atoms with E-state index in [9.17, 15) is 9.59 Å². The SMILES string of the molecule is CC(CN(C)C(=O)C(C)(C)c1cccc(Cl)c1)C(=O)O. The van der Waals surface area contributed by atoms with Crippen LogP contribution in [0.5, 0.6) is 0 Å². The molecule has 0 fully saturated rings. The van der Waals surface area contributed by atoms with Crippen molar-refractivity contribution >= 4 is 23.5 Å². The van der Waals surface area contributed by atoms with E-state index >= 15 is 0 Å². The third kappa shape index (κ3) is 3.73. The number of carboxylic acids is 1. The summed E-state index contributed by atoms with van der Waals surface area (Å²) in [4.78, 5) is 24.8. The monoisotopic (exact) mass is 297 g/mol. The van der Waals surface area contributed by atoms with Gasteiger partial charge in [0.25, 0.3) is 0 Å². The Hall–Kier alpha value is -1.55. The Kier molecular flexibility index (Phi) is 5.17. The van der Waals surface area contributed by atoms with Crippen LogP contribution in [0.1, 0.15) is 26.3 Å². The molecule has 0 saturated carbocycles. The fourth-order valence-corrected chi connectivity index (χ4v) is 2.24. The van der Waals surface area contributed by atoms with E-state index in [2.05, 4.69) is 0 Å². The van der Waals surface area contributed by atoms with Crippen molar-refractivity contribution in [1.29, 1.82) is 0 Å². The molecule has 1 amide bonds. The van der Waals surface area contributed by atoms with Crippen LogP contribution in [0.4, 0.5) is 0 Å². The fourth-order valence-electron chi connectivity index (χ4n) is 2.05. The predicted molar refractivity (Wildman–Crippen MR) is 78.9 cm³/mol. The maximum absolute atomic E-state index is 12.5. The first-order valence-electron chi connectivity index (χ1n) is 6.40. The Balaban J connectivity index is 2.91. The molecule has 20 heavy (non-hydrogen) atoms. The zero-order chi connectivity index (χ0) is 15.5. The van der Waals surface area contributed by atoms with Crippen LogP contribution in [0.15, 0.2) is 24.3 Å². The summed E-state index contributed by atoms with van der Waals surface area (Å²) in [6.07, 6.45) is 0. The predicted octanol–water partition coefficient (Wildman–Crippen LogP) is 2.80. The van der Waals surface area contributed by atoms with Crippen LogP contribution in [0, 0.1) is 5.92 Å². The second kappa shape index (κ2) is 6.27. The normalized spacial score (nSPS) is 12.8. The summed E-state index contributed by atoms with van der Waals surface area (Å²) in [7, 11) is 1.62. The van der Waals surface area contributed by atoms with Crippen molar-refractivity contribution in [2.45, 2.75) is 26.2 Å². The zero-order valence-corrected chi connectivity index (χ0v) is 12.9. The van der Waals surface area contributed by atoms with E-state index in [1.807, 2.05) is 19.9 Å². The fraction of sp³-hybridized carbons (Fsp3) is 0.467. The van der Waals surface area contributed by atoms with Crippen molar-refractivity contribution in [2.75, 3.05) is 13.6 Å². The van der Waals surface area contributed by atoms with Crippen molar-refractivity contribution < 1.29 is 14.7 Å². The lowest BCUT2D eigenvalue weighted by Crippen LogP contribution is -2.43. The number of halogens is 1. The van der Waals surface area contributed by atoms with Crippen LogP contribution in [0.3, 0.4) is 0 Å². The number of amides is 1. The molecule has 0 aliphatic heterocycles. The summed E-state index contributed by atoms with van der Waals surface area (Å²) in [6.45, 7) is 5.38. The van der Waals surface area contributed by atoms with E-state index < -0.39 is 17.3 Å². The molecule has 1 aromatic rings. The van der Waals surface area contributed by atoms with Crippen molar-refractivity contribution in [3.63, 3.8) is 0 Å². The van der Waals surface area contributed by atoms with Gasteiger partial charge in [-0.05, 0) is 31.5 Å². The standard InChI is InChI=1S/C15H20ClNO3/c1-10(13(18)19)9-17(4)14(20)15(2,3)11-6-5-7-12(16)8-11/h5-8,10H,9H2,1-4H3,(H,18,19). The number of hydrogen-bond donors (Lipinski definition) is 1. The third-order valence-corrected chi connectivity index (χ3v) is 3.63. The molecule has 1 rings (SSSR count). The highest BCUT2D eigenvalue weighted by Crippen LogP contribution is 2.27. The van der Waals surface area contributed by atoms with E-state index in [4.69, 9.17) is 16.7 Å². The van der Waals surface area contributed by atoms with Gasteiger partial charge in [-0.1, -0.05) is 30.7 Å². The van der Waals surface area contributed by atoms with Crippen LogP contribution in [0.2, 0.25) is 5.02 Å². The molecule has 1 unspecified atom stereocenters. The van der Waals surface area contributed by atoms with Gasteiger partial charge in [0.2, 0.25) is 5.91 Å². The molecule has 1 aromatic carbocycles. The van der Waals surface area contributed by atoms with Crippen LogP contribution in [-0.2, 0) is 15.0 Å². The third-order valence-electron chi connectivity index (χ3n) is 3.40. The number of rotatable bonds is 5. The van der Waals surface area contributed by atoms with Gasteiger partial charge in [-0.3, -0.25) is 9.59 Å². The quantitative estimate of drug-likeness (QED) is 0.909. The Morgan fingerprint density at radius 2 is 2.00 bits per heavy atom. The lowest BCUT2D eigenvalue weighted by Gasteiger charge is -2.30. The Morgan fingerprint density at radius 1 is 1.40 bits per heavy atom. The molecule has 0 bridgehead atoms. The molecule has 1 atom stereocenters. The molecule has 1 N–H and O–H groups in total. The number of nitrogens with zero attached hydrogens (tertiary/aromatic N) is 1. The topological polar surface area (TPSA) is 57.6 Å². The summed E-state index contributed by atoms with van der Waals surface area (Å²) in [5.41, 5.74) is 0.0579. The van der Waals surface area contributed by atoms with E-state index in [0.717, 1.165) is 5.56 Å². The first-order valence-corrected chi connectivity index (χ1v) is 6.78. The van der Waals surface area contributed by atoms with Crippen LogP contribution >= 0.6 is 11.6 Å². The number of aliphatic carboxylic acids is 1. The van der Waals surface area contributed by atoms with E-state index in [0.29, 0.717) is 5.02 Å². The summed E-state index contributed by atoms with van der Waals surface area (Å²) >= 11 is 5.96. The molecule has 0 spiro atoms. The number of carbonyl (C=O) groups excluding carboxylic acids is 1. The molecule has 110 valence electrons. The molecule has 0 aromatic heterocycles. The van der Waals surface area contributed by atoms with Gasteiger partial charge in [-0.25, -0.2) is 0 Å². The van der Waals surface area contributed by atoms with E-state index in [1.165, 1.54) is 4.90 Å². The van der Waals surface area contributed by atoms with Gasteiger partial charge in [0, 0.05) is 18.6 Å². The van der Waals surface area contributed by atoms with Gasteiger partial charge in [-0.2, -0.15) is 0 Å². The second-order valence-electron chi connectivity index (χ2n) is 5.56. The van der Waals surface area contributed by atoms with Crippen molar-refractivity contribution in [3.05, 3.63) is 34.9 Å². The van der Waals surface area contributed by atoms with Gasteiger partial charge in [0.15, 0.2) is 0 Å². The van der Waals surface area contributed by atoms with Crippen molar-refractivity contribution in [1.82, 2.24) is 4.90 Å². The van der Waals surface area contributed by atoms with E-state index in [1.54, 1.807) is 32.2 Å². The van der Waals surface area contributed by atoms with Crippen LogP contribution < -0.4 is 0 Å². The van der Waals surface area contributed by atoms with Gasteiger partial charge >= 0.3 is 5.97 Å². The minimum atomic E-state index is -0.912. The molecular weight excluding hydrogens is 278 g/mol. The summed E-state index contributed by atoms with van der Waals surface area (Å²) in [6, 6.07) is 7.15. The summed E-state index contributed by atoms with van der Waals surface area (Å²) in [5.74, 6) is -1.64. The minimum Gasteiger partial charge on any atom is -0.481 e. The minimum absolute atomic E-state index is 0.132. The largest absolute Gasteiger partial charge is 0.481 e. The van der Waals surface area contributed by atoms with Crippen molar-refractivity contribution in [2.24, 2.45) is 5.92 Å². The first-order chi connectivity index (χ1) is 9.16. The lowest BCUT2D eigenvalue weighted by atomic mass is 9.83. The number of carboxylic acid groups (broad SMARTS) is 1. The molecule has 0 radical (unpaired) electrons. The highest BCUT2D eigenvalue weighted by Gasteiger charge is 2.33. The number of hydrogen-bond acceptors (Lipinski definition) is 2. The molecular formula is C15H20ClNO3. The average Bonchev–Trinajstić information content (AvgIpc) is 2.37. The first kappa shape index (κ1) is 16.5. The maximum Gasteiger partial charge on any atom is 0.308 e. The number of carbonyl (C=O) groups is 2. The van der Waals surface area contributed by atoms with Gasteiger partial charge < -0.3 is 10.0 Å². The number of likely N-dealkylation sites (N-methyl/N-ethyl adjacent to an activating group) is 1. The zero-order valence-electron chi connectivity index (χ0n) is 12.2. The van der Waals surface area contributed by atoms with E-state index in [-0.39, 0.29) is 12.5 Å².